The average Bonchev–Trinajstić information content (AvgIpc) is 2.70. The van der Waals surface area contributed by atoms with Gasteiger partial charge in [0.25, 0.3) is 0 Å². The first kappa shape index (κ1) is 19.2. The number of nitrogens with zero attached hydrogens (tertiary/aromatic N) is 4. The van der Waals surface area contributed by atoms with Crippen LogP contribution in [0.25, 0.3) is 0 Å². The van der Waals surface area contributed by atoms with Gasteiger partial charge in [0.15, 0.2) is 5.96 Å². The maximum Gasteiger partial charge on any atom is 0.191 e. The number of guanidine groups is 1. The Labute approximate surface area is 162 Å². The lowest BCUT2D eigenvalue weighted by atomic mass is 10.1. The van der Waals surface area contributed by atoms with E-state index in [-0.39, 0.29) is 0 Å². The van der Waals surface area contributed by atoms with Crippen molar-refractivity contribution in [2.45, 2.75) is 20.0 Å². The van der Waals surface area contributed by atoms with Crippen LogP contribution in [0.3, 0.4) is 0 Å². The van der Waals surface area contributed by atoms with E-state index in [1.165, 1.54) is 11.1 Å². The van der Waals surface area contributed by atoms with Gasteiger partial charge in [-0.05, 0) is 36.7 Å². The zero-order valence-electron chi connectivity index (χ0n) is 16.6. The molecular weight excluding hydrogens is 336 g/mol. The van der Waals surface area contributed by atoms with Crippen molar-refractivity contribution < 1.29 is 0 Å². The zero-order valence-corrected chi connectivity index (χ0v) is 16.6. The Morgan fingerprint density at radius 1 is 1.04 bits per heavy atom. The summed E-state index contributed by atoms with van der Waals surface area (Å²) in [6, 6.07) is 12.6. The summed E-state index contributed by atoms with van der Waals surface area (Å²) >= 11 is 0. The predicted molar refractivity (Wildman–Crippen MR) is 112 cm³/mol. The highest BCUT2D eigenvalue weighted by molar-refractivity contribution is 5.79. The van der Waals surface area contributed by atoms with Gasteiger partial charge in [0.05, 0.1) is 0 Å². The number of nitrogens with one attached hydrogen (secondary N) is 2. The number of aromatic nitrogens is 1. The minimum absolute atomic E-state index is 0.698. The monoisotopic (exact) mass is 366 g/mol. The molecule has 144 valence electrons. The summed E-state index contributed by atoms with van der Waals surface area (Å²) in [6.07, 6.45) is 1.95. The second kappa shape index (κ2) is 9.37. The van der Waals surface area contributed by atoms with Crippen LogP contribution in [0.4, 0.5) is 5.82 Å². The molecule has 1 saturated heterocycles. The van der Waals surface area contributed by atoms with E-state index in [1.807, 2.05) is 6.20 Å². The molecule has 1 aromatic carbocycles. The molecule has 6 heteroatoms. The number of benzene rings is 1. The average molecular weight is 367 g/mol. The van der Waals surface area contributed by atoms with Gasteiger partial charge >= 0.3 is 0 Å². The lowest BCUT2D eigenvalue weighted by Gasteiger charge is -2.33. The van der Waals surface area contributed by atoms with Gasteiger partial charge in [-0.3, -0.25) is 4.99 Å². The SMILES string of the molecule is CN=C(NCc1ccc(N2CCN(C)CC2)nc1)NCc1ccccc1C. The summed E-state index contributed by atoms with van der Waals surface area (Å²) in [5.41, 5.74) is 3.70. The molecule has 27 heavy (non-hydrogen) atoms. The van der Waals surface area contributed by atoms with E-state index < -0.39 is 0 Å². The first-order valence-corrected chi connectivity index (χ1v) is 9.53. The largest absolute Gasteiger partial charge is 0.354 e. The van der Waals surface area contributed by atoms with Crippen LogP contribution in [0.2, 0.25) is 0 Å². The number of anilines is 1. The molecule has 1 aliphatic heterocycles. The number of piperazine rings is 1. The normalized spacial score (nSPS) is 15.7. The molecule has 0 unspecified atom stereocenters. The number of hydrogen-bond donors (Lipinski definition) is 2. The standard InChI is InChI=1S/C21H30N6/c1-17-6-4-5-7-19(17)16-25-21(22-2)24-15-18-8-9-20(23-14-18)27-12-10-26(3)11-13-27/h4-9,14H,10-13,15-16H2,1-3H3,(H2,22,24,25). The number of pyridine rings is 1. The Morgan fingerprint density at radius 3 is 2.44 bits per heavy atom. The van der Waals surface area contributed by atoms with Gasteiger partial charge in [-0.15, -0.1) is 0 Å². The van der Waals surface area contributed by atoms with Crippen LogP contribution in [0.15, 0.2) is 47.6 Å². The molecular formula is C21H30N6. The van der Waals surface area contributed by atoms with E-state index in [2.05, 4.69) is 80.8 Å². The number of rotatable bonds is 5. The second-order valence-corrected chi connectivity index (χ2v) is 7.02. The van der Waals surface area contributed by atoms with E-state index in [1.54, 1.807) is 7.05 Å². The second-order valence-electron chi connectivity index (χ2n) is 7.02. The van der Waals surface area contributed by atoms with Crippen molar-refractivity contribution in [1.82, 2.24) is 20.5 Å². The molecule has 2 N–H and O–H groups in total. The smallest absolute Gasteiger partial charge is 0.191 e. The highest BCUT2D eigenvalue weighted by atomic mass is 15.3. The minimum atomic E-state index is 0.698. The fourth-order valence-electron chi connectivity index (χ4n) is 3.14. The molecule has 0 bridgehead atoms. The number of hydrogen-bond acceptors (Lipinski definition) is 4. The van der Waals surface area contributed by atoms with Gasteiger partial charge in [-0.1, -0.05) is 30.3 Å². The summed E-state index contributed by atoms with van der Waals surface area (Å²) in [5.74, 6) is 1.86. The van der Waals surface area contributed by atoms with Crippen LogP contribution in [0.1, 0.15) is 16.7 Å². The van der Waals surface area contributed by atoms with Gasteiger partial charge in [0.1, 0.15) is 5.82 Å². The first-order chi connectivity index (χ1) is 13.2. The third-order valence-corrected chi connectivity index (χ3v) is 5.03. The van der Waals surface area contributed by atoms with E-state index in [9.17, 15) is 0 Å². The summed E-state index contributed by atoms with van der Waals surface area (Å²) in [5, 5.41) is 6.73. The quantitative estimate of drug-likeness (QED) is 0.626. The van der Waals surface area contributed by atoms with Crippen LogP contribution in [0.5, 0.6) is 0 Å². The van der Waals surface area contributed by atoms with Crippen molar-refractivity contribution in [2.24, 2.45) is 4.99 Å². The van der Waals surface area contributed by atoms with E-state index >= 15 is 0 Å². The van der Waals surface area contributed by atoms with Crippen molar-refractivity contribution in [2.75, 3.05) is 45.2 Å². The summed E-state index contributed by atoms with van der Waals surface area (Å²) in [6.45, 7) is 7.84. The van der Waals surface area contributed by atoms with E-state index in [0.717, 1.165) is 50.1 Å². The Morgan fingerprint density at radius 2 is 1.78 bits per heavy atom. The van der Waals surface area contributed by atoms with Gasteiger partial charge in [0.2, 0.25) is 0 Å². The van der Waals surface area contributed by atoms with Crippen molar-refractivity contribution in [3.63, 3.8) is 0 Å². The van der Waals surface area contributed by atoms with Crippen LogP contribution >= 0.6 is 0 Å². The maximum atomic E-state index is 4.64. The van der Waals surface area contributed by atoms with E-state index in [0.29, 0.717) is 6.54 Å². The topological polar surface area (TPSA) is 55.8 Å². The minimum Gasteiger partial charge on any atom is -0.354 e. The molecule has 0 spiro atoms. The molecule has 2 heterocycles. The van der Waals surface area contributed by atoms with E-state index in [4.69, 9.17) is 0 Å². The van der Waals surface area contributed by atoms with Crippen LogP contribution in [-0.4, -0.2) is 56.1 Å². The van der Waals surface area contributed by atoms with Crippen molar-refractivity contribution in [3.05, 3.63) is 59.3 Å². The van der Waals surface area contributed by atoms with Crippen LogP contribution in [0, 0.1) is 6.92 Å². The summed E-state index contributed by atoms with van der Waals surface area (Å²) < 4.78 is 0. The third kappa shape index (κ3) is 5.44. The molecule has 0 saturated carbocycles. The maximum absolute atomic E-state index is 4.64. The fraction of sp³-hybridized carbons (Fsp3) is 0.429. The number of aryl methyl sites for hydroxylation is 1. The number of likely N-dealkylation sites (N-methyl/N-ethyl adjacent to an activating group) is 1. The lowest BCUT2D eigenvalue weighted by molar-refractivity contribution is 0.312. The first-order valence-electron chi connectivity index (χ1n) is 9.53. The van der Waals surface area contributed by atoms with Crippen molar-refractivity contribution in [3.8, 4) is 0 Å². The van der Waals surface area contributed by atoms with Crippen molar-refractivity contribution in [1.29, 1.82) is 0 Å². The van der Waals surface area contributed by atoms with Gasteiger partial charge in [-0.25, -0.2) is 4.98 Å². The van der Waals surface area contributed by atoms with Crippen LogP contribution in [-0.2, 0) is 13.1 Å². The molecule has 0 amide bonds. The number of aliphatic imine (C=N–C) groups is 1. The molecule has 6 nitrogen and oxygen atoms in total. The molecule has 3 rings (SSSR count). The molecule has 1 aromatic heterocycles. The van der Waals surface area contributed by atoms with Gasteiger partial charge in [0, 0.05) is 52.5 Å². The Bertz CT molecular complexity index is 748. The molecule has 0 radical (unpaired) electrons. The third-order valence-electron chi connectivity index (χ3n) is 5.03. The van der Waals surface area contributed by atoms with Crippen LogP contribution < -0.4 is 15.5 Å². The molecule has 0 atom stereocenters. The molecule has 1 fully saturated rings. The summed E-state index contributed by atoms with van der Waals surface area (Å²) in [7, 11) is 3.96. The highest BCUT2D eigenvalue weighted by Gasteiger charge is 2.14. The Hall–Kier alpha value is -2.60. The fourth-order valence-corrected chi connectivity index (χ4v) is 3.14. The lowest BCUT2D eigenvalue weighted by Crippen LogP contribution is -2.44. The van der Waals surface area contributed by atoms with Gasteiger partial charge < -0.3 is 20.4 Å². The molecule has 0 aliphatic carbocycles. The molecule has 1 aliphatic rings. The highest BCUT2D eigenvalue weighted by Crippen LogP contribution is 2.13. The van der Waals surface area contributed by atoms with Gasteiger partial charge in [-0.2, -0.15) is 0 Å². The summed E-state index contributed by atoms with van der Waals surface area (Å²) in [4.78, 5) is 13.6. The van der Waals surface area contributed by atoms with Crippen molar-refractivity contribution >= 4 is 11.8 Å². The Balaban J connectivity index is 1.49. The molecule has 2 aromatic rings. The predicted octanol–water partition coefficient (Wildman–Crippen LogP) is 2.01. The zero-order chi connectivity index (χ0) is 19.1. The Kier molecular flexibility index (Phi) is 6.65.